The average molecular weight is 301 g/mol. The summed E-state index contributed by atoms with van der Waals surface area (Å²) in [6.07, 6.45) is 0.590. The minimum atomic E-state index is -0.474. The SMILES string of the molecule is COCC(CCCl)NC(=O)c1ccc([N+](=O)[O-])c(C)c1. The van der Waals surface area contributed by atoms with Gasteiger partial charge in [0.25, 0.3) is 11.6 Å². The molecule has 1 amide bonds. The van der Waals surface area contributed by atoms with Gasteiger partial charge in [-0.25, -0.2) is 0 Å². The molecule has 110 valence electrons. The normalized spacial score (nSPS) is 11.9. The first kappa shape index (κ1) is 16.4. The number of hydrogen-bond acceptors (Lipinski definition) is 4. The quantitative estimate of drug-likeness (QED) is 0.476. The summed E-state index contributed by atoms with van der Waals surface area (Å²) in [6.45, 7) is 1.96. The van der Waals surface area contributed by atoms with Crippen molar-refractivity contribution in [3.63, 3.8) is 0 Å². The van der Waals surface area contributed by atoms with E-state index in [2.05, 4.69) is 5.32 Å². The van der Waals surface area contributed by atoms with E-state index >= 15 is 0 Å². The van der Waals surface area contributed by atoms with E-state index < -0.39 is 4.92 Å². The van der Waals surface area contributed by atoms with Crippen LogP contribution in [0.5, 0.6) is 0 Å². The number of benzene rings is 1. The summed E-state index contributed by atoms with van der Waals surface area (Å²) < 4.78 is 5.00. The Bertz CT molecular complexity index is 487. The van der Waals surface area contributed by atoms with Crippen molar-refractivity contribution in [3.8, 4) is 0 Å². The first-order valence-corrected chi connectivity index (χ1v) is 6.63. The lowest BCUT2D eigenvalue weighted by Crippen LogP contribution is -2.38. The van der Waals surface area contributed by atoms with E-state index in [-0.39, 0.29) is 17.6 Å². The van der Waals surface area contributed by atoms with Gasteiger partial charge in [-0.05, 0) is 25.5 Å². The number of nitrogens with zero attached hydrogens (tertiary/aromatic N) is 1. The Morgan fingerprint density at radius 1 is 1.55 bits per heavy atom. The molecule has 1 aromatic carbocycles. The average Bonchev–Trinajstić information content (AvgIpc) is 2.38. The summed E-state index contributed by atoms with van der Waals surface area (Å²) in [6, 6.07) is 4.08. The van der Waals surface area contributed by atoms with Crippen LogP contribution in [0.15, 0.2) is 18.2 Å². The van der Waals surface area contributed by atoms with Crippen LogP contribution in [0.25, 0.3) is 0 Å². The number of carbonyl (C=O) groups is 1. The number of rotatable bonds is 7. The number of amides is 1. The Kier molecular flexibility index (Phi) is 6.41. The smallest absolute Gasteiger partial charge is 0.272 e. The molecule has 1 aromatic rings. The van der Waals surface area contributed by atoms with Gasteiger partial charge in [-0.1, -0.05) is 0 Å². The molecule has 7 heteroatoms. The van der Waals surface area contributed by atoms with E-state index in [4.69, 9.17) is 16.3 Å². The van der Waals surface area contributed by atoms with Crippen molar-refractivity contribution in [2.75, 3.05) is 19.6 Å². The van der Waals surface area contributed by atoms with Crippen LogP contribution in [-0.4, -0.2) is 36.5 Å². The van der Waals surface area contributed by atoms with Crippen molar-refractivity contribution in [2.45, 2.75) is 19.4 Å². The minimum Gasteiger partial charge on any atom is -0.383 e. The number of aryl methyl sites for hydroxylation is 1. The second kappa shape index (κ2) is 7.81. The molecule has 1 N–H and O–H groups in total. The van der Waals surface area contributed by atoms with Crippen LogP contribution in [0, 0.1) is 17.0 Å². The van der Waals surface area contributed by atoms with E-state index in [1.807, 2.05) is 0 Å². The zero-order chi connectivity index (χ0) is 15.1. The summed E-state index contributed by atoms with van der Waals surface area (Å²) in [5, 5.41) is 13.5. The number of methoxy groups -OCH3 is 1. The molecule has 1 unspecified atom stereocenters. The predicted octanol–water partition coefficient (Wildman–Crippen LogP) is 2.28. The summed E-state index contributed by atoms with van der Waals surface area (Å²) in [4.78, 5) is 22.3. The molecule has 1 rings (SSSR count). The minimum absolute atomic E-state index is 0.00394. The fourth-order valence-corrected chi connectivity index (χ4v) is 2.06. The van der Waals surface area contributed by atoms with Crippen LogP contribution in [0.3, 0.4) is 0 Å². The highest BCUT2D eigenvalue weighted by molar-refractivity contribution is 6.17. The van der Waals surface area contributed by atoms with Crippen LogP contribution in [-0.2, 0) is 4.74 Å². The number of alkyl halides is 1. The first-order valence-electron chi connectivity index (χ1n) is 6.10. The largest absolute Gasteiger partial charge is 0.383 e. The number of nitrogens with one attached hydrogen (secondary N) is 1. The third kappa shape index (κ3) is 4.47. The van der Waals surface area contributed by atoms with Gasteiger partial charge in [0.15, 0.2) is 0 Å². The predicted molar refractivity (Wildman–Crippen MR) is 76.3 cm³/mol. The van der Waals surface area contributed by atoms with Gasteiger partial charge in [-0.15, -0.1) is 11.6 Å². The van der Waals surface area contributed by atoms with Crippen molar-refractivity contribution in [1.29, 1.82) is 0 Å². The van der Waals surface area contributed by atoms with Crippen molar-refractivity contribution in [3.05, 3.63) is 39.4 Å². The van der Waals surface area contributed by atoms with Gasteiger partial charge < -0.3 is 10.1 Å². The van der Waals surface area contributed by atoms with Crippen LogP contribution in [0.4, 0.5) is 5.69 Å². The second-order valence-electron chi connectivity index (χ2n) is 4.36. The third-order valence-electron chi connectivity index (χ3n) is 2.82. The molecule has 0 heterocycles. The maximum atomic E-state index is 12.1. The van der Waals surface area contributed by atoms with E-state index in [1.165, 1.54) is 18.2 Å². The monoisotopic (exact) mass is 300 g/mol. The molecular formula is C13H17ClN2O4. The van der Waals surface area contributed by atoms with Crippen LogP contribution in [0.2, 0.25) is 0 Å². The maximum absolute atomic E-state index is 12.1. The van der Waals surface area contributed by atoms with Crippen molar-refractivity contribution >= 4 is 23.2 Å². The molecule has 0 saturated carbocycles. The highest BCUT2D eigenvalue weighted by Gasteiger charge is 2.16. The molecule has 0 aliphatic carbocycles. The Balaban J connectivity index is 2.81. The number of nitro groups is 1. The van der Waals surface area contributed by atoms with Crippen molar-refractivity contribution in [1.82, 2.24) is 5.32 Å². The number of hydrogen-bond donors (Lipinski definition) is 1. The Labute approximate surface area is 122 Å². The van der Waals surface area contributed by atoms with E-state index in [1.54, 1.807) is 14.0 Å². The molecule has 0 fully saturated rings. The zero-order valence-electron chi connectivity index (χ0n) is 11.4. The van der Waals surface area contributed by atoms with Crippen LogP contribution < -0.4 is 5.32 Å². The summed E-state index contributed by atoms with van der Waals surface area (Å²) in [7, 11) is 1.55. The summed E-state index contributed by atoms with van der Waals surface area (Å²) in [5.74, 6) is 0.114. The number of halogens is 1. The standard InChI is InChI=1S/C13H17ClN2O4/c1-9-7-10(3-4-12(9)16(18)19)13(17)15-11(5-6-14)8-20-2/h3-4,7,11H,5-6,8H2,1-2H3,(H,15,17). The maximum Gasteiger partial charge on any atom is 0.272 e. The van der Waals surface area contributed by atoms with Gasteiger partial charge in [-0.3, -0.25) is 14.9 Å². The molecule has 0 aliphatic rings. The summed E-state index contributed by atoms with van der Waals surface area (Å²) in [5.41, 5.74) is 0.822. The van der Waals surface area contributed by atoms with Gasteiger partial charge in [0.2, 0.25) is 0 Å². The molecule has 20 heavy (non-hydrogen) atoms. The van der Waals surface area contributed by atoms with Gasteiger partial charge in [0.05, 0.1) is 17.6 Å². The van der Waals surface area contributed by atoms with Gasteiger partial charge >= 0.3 is 0 Å². The second-order valence-corrected chi connectivity index (χ2v) is 4.74. The fraction of sp³-hybridized carbons (Fsp3) is 0.462. The lowest BCUT2D eigenvalue weighted by molar-refractivity contribution is -0.385. The molecular weight excluding hydrogens is 284 g/mol. The van der Waals surface area contributed by atoms with E-state index in [9.17, 15) is 14.9 Å². The lowest BCUT2D eigenvalue weighted by Gasteiger charge is -2.16. The summed E-state index contributed by atoms with van der Waals surface area (Å²) >= 11 is 5.66. The van der Waals surface area contributed by atoms with E-state index in [0.29, 0.717) is 30.0 Å². The molecule has 1 atom stereocenters. The van der Waals surface area contributed by atoms with Crippen molar-refractivity contribution < 1.29 is 14.5 Å². The number of nitro benzene ring substituents is 1. The Morgan fingerprint density at radius 3 is 2.75 bits per heavy atom. The molecule has 0 radical (unpaired) electrons. The highest BCUT2D eigenvalue weighted by Crippen LogP contribution is 2.18. The molecule has 6 nitrogen and oxygen atoms in total. The number of ether oxygens (including phenoxy) is 1. The van der Waals surface area contributed by atoms with Gasteiger partial charge in [0, 0.05) is 30.2 Å². The van der Waals surface area contributed by atoms with Crippen LogP contribution in [0.1, 0.15) is 22.3 Å². The lowest BCUT2D eigenvalue weighted by atomic mass is 10.1. The third-order valence-corrected chi connectivity index (χ3v) is 3.03. The molecule has 0 saturated heterocycles. The Hall–Kier alpha value is -1.66. The van der Waals surface area contributed by atoms with Crippen LogP contribution >= 0.6 is 11.6 Å². The first-order chi connectivity index (χ1) is 9.49. The van der Waals surface area contributed by atoms with E-state index in [0.717, 1.165) is 0 Å². The van der Waals surface area contributed by atoms with Crippen molar-refractivity contribution in [2.24, 2.45) is 0 Å². The molecule has 0 spiro atoms. The molecule has 0 bridgehead atoms. The topological polar surface area (TPSA) is 81.5 Å². The molecule has 0 aromatic heterocycles. The number of carbonyl (C=O) groups excluding carboxylic acids is 1. The van der Waals surface area contributed by atoms with Gasteiger partial charge in [0.1, 0.15) is 0 Å². The zero-order valence-corrected chi connectivity index (χ0v) is 12.1. The Morgan fingerprint density at radius 2 is 2.25 bits per heavy atom. The van der Waals surface area contributed by atoms with Gasteiger partial charge in [-0.2, -0.15) is 0 Å². The fourth-order valence-electron chi connectivity index (χ4n) is 1.80. The highest BCUT2D eigenvalue weighted by atomic mass is 35.5. The molecule has 0 aliphatic heterocycles.